The Bertz CT molecular complexity index is 732. The van der Waals surface area contributed by atoms with Crippen molar-refractivity contribution >= 4 is 0 Å². The third kappa shape index (κ3) is 2.97. The Morgan fingerprint density at radius 1 is 1.05 bits per heavy atom. The first-order chi connectivity index (χ1) is 10.2. The molecule has 0 saturated carbocycles. The van der Waals surface area contributed by atoms with Gasteiger partial charge in [-0.1, -0.05) is 36.4 Å². The first-order valence-corrected chi connectivity index (χ1v) is 6.94. The van der Waals surface area contributed by atoms with E-state index in [1.807, 2.05) is 36.4 Å². The highest BCUT2D eigenvalue weighted by atomic mass is 16.5. The van der Waals surface area contributed by atoms with Crippen molar-refractivity contribution in [2.75, 3.05) is 0 Å². The van der Waals surface area contributed by atoms with E-state index in [1.54, 1.807) is 0 Å². The Morgan fingerprint density at radius 2 is 1.86 bits per heavy atom. The van der Waals surface area contributed by atoms with Crippen molar-refractivity contribution in [3.05, 3.63) is 71.4 Å². The summed E-state index contributed by atoms with van der Waals surface area (Å²) < 4.78 is 5.86. The van der Waals surface area contributed by atoms with Crippen LogP contribution in [0, 0.1) is 20.0 Å². The zero-order chi connectivity index (χ0) is 14.7. The predicted molar refractivity (Wildman–Crippen MR) is 83.1 cm³/mol. The minimum absolute atomic E-state index is 0.448. The lowest BCUT2D eigenvalue weighted by Gasteiger charge is -2.08. The van der Waals surface area contributed by atoms with Gasteiger partial charge < -0.3 is 4.74 Å². The molecule has 0 amide bonds. The maximum Gasteiger partial charge on any atom is 0.120 e. The van der Waals surface area contributed by atoms with Crippen LogP contribution >= 0.6 is 0 Å². The first-order valence-electron chi connectivity index (χ1n) is 6.94. The van der Waals surface area contributed by atoms with Crippen molar-refractivity contribution in [2.24, 2.45) is 0 Å². The quantitative estimate of drug-likeness (QED) is 0.780. The molecule has 3 aromatic rings. The summed E-state index contributed by atoms with van der Waals surface area (Å²) in [6, 6.07) is 16.2. The SMILES string of the molecule is Cc1ccc(OCc2[c]n[nH]c2-c2ccccc2)cc1C. The van der Waals surface area contributed by atoms with Crippen molar-refractivity contribution in [1.29, 1.82) is 0 Å². The van der Waals surface area contributed by atoms with Gasteiger partial charge in [-0.05, 0) is 42.7 Å². The van der Waals surface area contributed by atoms with Gasteiger partial charge in [0.1, 0.15) is 18.6 Å². The fourth-order valence-corrected chi connectivity index (χ4v) is 2.18. The number of H-pyrrole nitrogens is 1. The molecule has 21 heavy (non-hydrogen) atoms. The van der Waals surface area contributed by atoms with Crippen LogP contribution in [0.15, 0.2) is 48.5 Å². The van der Waals surface area contributed by atoms with E-state index in [2.05, 4.69) is 42.4 Å². The molecule has 0 saturated heterocycles. The highest BCUT2D eigenvalue weighted by Gasteiger charge is 2.09. The van der Waals surface area contributed by atoms with E-state index in [9.17, 15) is 0 Å². The molecule has 0 aliphatic rings. The van der Waals surface area contributed by atoms with Gasteiger partial charge >= 0.3 is 0 Å². The van der Waals surface area contributed by atoms with E-state index in [0.717, 1.165) is 22.6 Å². The smallest absolute Gasteiger partial charge is 0.120 e. The second kappa shape index (κ2) is 5.83. The molecule has 0 unspecified atom stereocenters. The van der Waals surface area contributed by atoms with E-state index in [1.165, 1.54) is 11.1 Å². The summed E-state index contributed by atoms with van der Waals surface area (Å²) in [5.41, 5.74) is 5.47. The third-order valence-corrected chi connectivity index (χ3v) is 3.58. The van der Waals surface area contributed by atoms with Crippen LogP contribution in [-0.4, -0.2) is 10.2 Å². The molecule has 0 fully saturated rings. The highest BCUT2D eigenvalue weighted by Crippen LogP contribution is 2.23. The molecule has 0 atom stereocenters. The van der Waals surface area contributed by atoms with Crippen molar-refractivity contribution in [2.45, 2.75) is 20.5 Å². The Hall–Kier alpha value is -2.55. The molecule has 3 heteroatoms. The van der Waals surface area contributed by atoms with Crippen LogP contribution in [0.25, 0.3) is 11.3 Å². The molecule has 1 aromatic heterocycles. The molecular weight excluding hydrogens is 260 g/mol. The summed E-state index contributed by atoms with van der Waals surface area (Å²) in [5.74, 6) is 0.867. The van der Waals surface area contributed by atoms with Gasteiger partial charge in [-0.2, -0.15) is 5.10 Å². The minimum atomic E-state index is 0.448. The average Bonchev–Trinajstić information content (AvgIpc) is 2.98. The highest BCUT2D eigenvalue weighted by molar-refractivity contribution is 5.62. The van der Waals surface area contributed by atoms with Crippen molar-refractivity contribution in [1.82, 2.24) is 10.2 Å². The Labute approximate surface area is 124 Å². The third-order valence-electron chi connectivity index (χ3n) is 3.58. The molecule has 3 rings (SSSR count). The number of aromatic amines is 1. The van der Waals surface area contributed by atoms with E-state index in [-0.39, 0.29) is 0 Å². The lowest BCUT2D eigenvalue weighted by molar-refractivity contribution is 0.306. The molecule has 105 valence electrons. The van der Waals surface area contributed by atoms with Crippen LogP contribution in [0.1, 0.15) is 16.7 Å². The molecule has 0 spiro atoms. The molecule has 1 N–H and O–H groups in total. The number of nitrogens with zero attached hydrogens (tertiary/aromatic N) is 1. The van der Waals surface area contributed by atoms with Gasteiger partial charge in [0.15, 0.2) is 0 Å². The van der Waals surface area contributed by atoms with Crippen LogP contribution in [-0.2, 0) is 6.61 Å². The topological polar surface area (TPSA) is 37.9 Å². The van der Waals surface area contributed by atoms with Gasteiger partial charge in [0.2, 0.25) is 0 Å². The van der Waals surface area contributed by atoms with Gasteiger partial charge in [-0.3, -0.25) is 5.10 Å². The summed E-state index contributed by atoms with van der Waals surface area (Å²) in [6.07, 6.45) is 2.97. The van der Waals surface area contributed by atoms with Crippen LogP contribution in [0.2, 0.25) is 0 Å². The van der Waals surface area contributed by atoms with Crippen molar-refractivity contribution < 1.29 is 4.74 Å². The van der Waals surface area contributed by atoms with Gasteiger partial charge in [-0.25, -0.2) is 0 Å². The second-order valence-corrected chi connectivity index (χ2v) is 5.09. The summed E-state index contributed by atoms with van der Waals surface area (Å²) >= 11 is 0. The molecular formula is C18H17N2O. The molecule has 0 aliphatic carbocycles. The molecule has 2 aromatic carbocycles. The average molecular weight is 277 g/mol. The maximum absolute atomic E-state index is 5.86. The Morgan fingerprint density at radius 3 is 2.62 bits per heavy atom. The molecule has 1 radical (unpaired) electrons. The first kappa shape index (κ1) is 13.4. The van der Waals surface area contributed by atoms with E-state index >= 15 is 0 Å². The Kier molecular flexibility index (Phi) is 3.73. The summed E-state index contributed by atoms with van der Waals surface area (Å²) in [5, 5.41) is 7.01. The normalized spacial score (nSPS) is 10.6. The number of aromatic nitrogens is 2. The summed E-state index contributed by atoms with van der Waals surface area (Å²) in [6.45, 7) is 4.63. The standard InChI is InChI=1S/C18H17N2O/c1-13-8-9-17(10-14(13)2)21-12-16-11-19-20-18(16)15-6-4-3-5-7-15/h3-10H,12H2,1-2H3,(H,19,20). The van der Waals surface area contributed by atoms with Crippen LogP contribution < -0.4 is 4.74 Å². The Balaban J connectivity index is 1.77. The van der Waals surface area contributed by atoms with E-state index in [0.29, 0.717) is 6.61 Å². The van der Waals surface area contributed by atoms with Gasteiger partial charge in [0, 0.05) is 5.56 Å². The maximum atomic E-state index is 5.86. The van der Waals surface area contributed by atoms with E-state index in [4.69, 9.17) is 4.74 Å². The zero-order valence-corrected chi connectivity index (χ0v) is 12.2. The number of hydrogen-bond acceptors (Lipinski definition) is 2. The van der Waals surface area contributed by atoms with Crippen LogP contribution in [0.5, 0.6) is 5.75 Å². The fourth-order valence-electron chi connectivity index (χ4n) is 2.18. The largest absolute Gasteiger partial charge is 0.489 e. The number of rotatable bonds is 4. The molecule has 0 bridgehead atoms. The molecule has 1 heterocycles. The van der Waals surface area contributed by atoms with Crippen LogP contribution in [0.4, 0.5) is 0 Å². The number of benzene rings is 2. The molecule has 3 nitrogen and oxygen atoms in total. The van der Waals surface area contributed by atoms with Crippen LogP contribution in [0.3, 0.4) is 0 Å². The summed E-state index contributed by atoms with van der Waals surface area (Å²) in [4.78, 5) is 0. The minimum Gasteiger partial charge on any atom is -0.489 e. The lowest BCUT2D eigenvalue weighted by atomic mass is 10.1. The second-order valence-electron chi connectivity index (χ2n) is 5.09. The van der Waals surface area contributed by atoms with Gasteiger partial charge in [0.25, 0.3) is 0 Å². The van der Waals surface area contributed by atoms with Crippen molar-refractivity contribution in [3.63, 3.8) is 0 Å². The lowest BCUT2D eigenvalue weighted by Crippen LogP contribution is -1.97. The number of hydrogen-bond donors (Lipinski definition) is 1. The van der Waals surface area contributed by atoms with Gasteiger partial charge in [-0.15, -0.1) is 0 Å². The van der Waals surface area contributed by atoms with Crippen molar-refractivity contribution in [3.8, 4) is 17.0 Å². The predicted octanol–water partition coefficient (Wildman–Crippen LogP) is 4.07. The van der Waals surface area contributed by atoms with Gasteiger partial charge in [0.05, 0.1) is 5.69 Å². The number of aryl methyl sites for hydroxylation is 2. The fraction of sp³-hybridized carbons (Fsp3) is 0.167. The molecule has 0 aliphatic heterocycles. The zero-order valence-electron chi connectivity index (χ0n) is 12.2. The van der Waals surface area contributed by atoms with E-state index < -0.39 is 0 Å². The number of nitrogens with one attached hydrogen (secondary N) is 1. The monoisotopic (exact) mass is 277 g/mol. The summed E-state index contributed by atoms with van der Waals surface area (Å²) in [7, 11) is 0. The number of ether oxygens (including phenoxy) is 1.